The Morgan fingerprint density at radius 2 is 1.88 bits per heavy atom. The number of hydrogen-bond donors (Lipinski definition) is 1. The van der Waals surface area contributed by atoms with Crippen LogP contribution in [0.5, 0.6) is 5.75 Å². The standard InChI is InChI=1S/C23H24F4N3O2P/c1-12-8-9-32-20-14(6-5-7-16(20)23(25,26)27)13(2)28-22-15-10-19(33(3,4)31)17(24)11-18(15)29-21(12)30-22/h5-7,10-13H,8-9H2,1-4H3,(H,28,29,30)/t12-,13-/m1/s1. The van der Waals surface area contributed by atoms with Crippen LogP contribution >= 0.6 is 7.14 Å². The van der Waals surface area contributed by atoms with Gasteiger partial charge >= 0.3 is 6.18 Å². The van der Waals surface area contributed by atoms with Crippen LogP contribution in [-0.2, 0) is 10.7 Å². The van der Waals surface area contributed by atoms with E-state index < -0.39 is 30.7 Å². The zero-order valence-corrected chi connectivity index (χ0v) is 19.5. The molecule has 0 spiro atoms. The van der Waals surface area contributed by atoms with Gasteiger partial charge in [0.1, 0.15) is 30.4 Å². The van der Waals surface area contributed by atoms with E-state index in [9.17, 15) is 22.1 Å². The first-order valence-electron chi connectivity index (χ1n) is 10.5. The van der Waals surface area contributed by atoms with E-state index in [1.54, 1.807) is 13.0 Å². The monoisotopic (exact) mass is 481 g/mol. The second kappa shape index (κ2) is 8.28. The van der Waals surface area contributed by atoms with E-state index in [-0.39, 0.29) is 23.6 Å². The van der Waals surface area contributed by atoms with E-state index in [0.717, 1.165) is 6.07 Å². The highest BCUT2D eigenvalue weighted by Crippen LogP contribution is 2.42. The predicted molar refractivity (Wildman–Crippen MR) is 121 cm³/mol. The Morgan fingerprint density at radius 1 is 1.15 bits per heavy atom. The molecule has 3 aromatic rings. The first-order valence-corrected chi connectivity index (χ1v) is 13.1. The van der Waals surface area contributed by atoms with Gasteiger partial charge in [0.25, 0.3) is 0 Å². The molecule has 2 heterocycles. The molecule has 2 aromatic carbocycles. The predicted octanol–water partition coefficient (Wildman–Crippen LogP) is 6.09. The summed E-state index contributed by atoms with van der Waals surface area (Å²) in [7, 11) is -2.94. The highest BCUT2D eigenvalue weighted by molar-refractivity contribution is 7.70. The lowest BCUT2D eigenvalue weighted by atomic mass is 10.0. The van der Waals surface area contributed by atoms with Crippen LogP contribution < -0.4 is 15.4 Å². The molecule has 0 saturated heterocycles. The molecule has 0 amide bonds. The molecular weight excluding hydrogens is 457 g/mol. The Labute approximate surface area is 189 Å². The van der Waals surface area contributed by atoms with Crippen molar-refractivity contribution >= 4 is 29.2 Å². The van der Waals surface area contributed by atoms with Crippen LogP contribution in [0.4, 0.5) is 23.4 Å². The summed E-state index contributed by atoms with van der Waals surface area (Å²) < 4.78 is 74.1. The molecule has 176 valence electrons. The number of fused-ring (bicyclic) bond motifs is 5. The number of ether oxygens (including phenoxy) is 1. The molecule has 1 N–H and O–H groups in total. The molecule has 1 aromatic heterocycles. The quantitative estimate of drug-likeness (QED) is 0.336. The fourth-order valence-electron chi connectivity index (χ4n) is 3.93. The van der Waals surface area contributed by atoms with Crippen molar-refractivity contribution in [3.63, 3.8) is 0 Å². The summed E-state index contributed by atoms with van der Waals surface area (Å²) in [5.74, 6) is -0.320. The van der Waals surface area contributed by atoms with Gasteiger partial charge in [-0.05, 0) is 38.8 Å². The molecule has 2 bridgehead atoms. The Morgan fingerprint density at radius 3 is 2.55 bits per heavy atom. The van der Waals surface area contributed by atoms with Crippen molar-refractivity contribution in [2.75, 3.05) is 25.3 Å². The minimum Gasteiger partial charge on any atom is -0.493 e. The molecule has 1 aliphatic rings. The van der Waals surface area contributed by atoms with Gasteiger partial charge in [-0.25, -0.2) is 14.4 Å². The number of nitrogens with zero attached hydrogens (tertiary/aromatic N) is 2. The molecule has 0 unspecified atom stereocenters. The molecule has 0 fully saturated rings. The summed E-state index contributed by atoms with van der Waals surface area (Å²) in [4.78, 5) is 9.11. The first kappa shape index (κ1) is 23.5. The van der Waals surface area contributed by atoms with Gasteiger partial charge in [-0.2, -0.15) is 13.2 Å². The van der Waals surface area contributed by atoms with E-state index >= 15 is 0 Å². The summed E-state index contributed by atoms with van der Waals surface area (Å²) in [5, 5.41) is 3.69. The smallest absolute Gasteiger partial charge is 0.419 e. The molecule has 0 radical (unpaired) electrons. The maximum Gasteiger partial charge on any atom is 0.419 e. The molecular formula is C23H24F4N3O2P. The van der Waals surface area contributed by atoms with Gasteiger partial charge in [-0.3, -0.25) is 0 Å². The molecule has 33 heavy (non-hydrogen) atoms. The minimum absolute atomic E-state index is 0.0346. The van der Waals surface area contributed by atoms with Gasteiger partial charge in [0.05, 0.1) is 23.7 Å². The van der Waals surface area contributed by atoms with Crippen molar-refractivity contribution in [2.24, 2.45) is 0 Å². The summed E-state index contributed by atoms with van der Waals surface area (Å²) >= 11 is 0. The van der Waals surface area contributed by atoms with Crippen molar-refractivity contribution in [1.82, 2.24) is 9.97 Å². The number of aromatic nitrogens is 2. The van der Waals surface area contributed by atoms with Gasteiger partial charge < -0.3 is 14.6 Å². The van der Waals surface area contributed by atoms with Crippen molar-refractivity contribution in [2.45, 2.75) is 38.4 Å². The van der Waals surface area contributed by atoms with Gasteiger partial charge in [-0.1, -0.05) is 19.1 Å². The van der Waals surface area contributed by atoms with E-state index in [1.165, 1.54) is 31.5 Å². The second-order valence-electron chi connectivity index (χ2n) is 8.73. The Balaban J connectivity index is 1.93. The van der Waals surface area contributed by atoms with Crippen LogP contribution in [0.1, 0.15) is 49.2 Å². The number of para-hydroxylation sites is 1. The molecule has 5 nitrogen and oxygen atoms in total. The molecule has 0 aliphatic carbocycles. The molecule has 10 heteroatoms. The van der Waals surface area contributed by atoms with Gasteiger partial charge in [0, 0.05) is 28.2 Å². The number of hydrogen-bond acceptors (Lipinski definition) is 5. The SMILES string of the molecule is C[C@@H]1CCOc2c(cccc2C(F)(F)F)[C@@H](C)Nc2nc1nc1cc(F)c(P(C)(C)=O)cc21. The third-order valence-corrected chi connectivity index (χ3v) is 7.27. The first-order chi connectivity index (χ1) is 15.4. The fourth-order valence-corrected chi connectivity index (χ4v) is 4.95. The zero-order valence-electron chi connectivity index (χ0n) is 18.6. The van der Waals surface area contributed by atoms with Crippen LogP contribution in [0.3, 0.4) is 0 Å². The van der Waals surface area contributed by atoms with Crippen molar-refractivity contribution in [3.8, 4) is 5.75 Å². The fraction of sp³-hybridized carbons (Fsp3) is 0.391. The normalized spacial score (nSPS) is 19.3. The summed E-state index contributed by atoms with van der Waals surface area (Å²) in [6.07, 6.45) is -4.21. The topological polar surface area (TPSA) is 64.1 Å². The number of nitrogens with one attached hydrogen (secondary N) is 1. The Hall–Kier alpha value is -2.67. The van der Waals surface area contributed by atoms with E-state index in [2.05, 4.69) is 15.3 Å². The average molecular weight is 481 g/mol. The van der Waals surface area contributed by atoms with E-state index in [4.69, 9.17) is 4.74 Å². The molecule has 2 atom stereocenters. The summed E-state index contributed by atoms with van der Waals surface area (Å²) in [6, 6.07) is 6.00. The third kappa shape index (κ3) is 4.56. The zero-order chi connectivity index (χ0) is 24.1. The Kier molecular flexibility index (Phi) is 5.89. The van der Waals surface area contributed by atoms with Crippen molar-refractivity contribution < 1.29 is 26.9 Å². The second-order valence-corrected chi connectivity index (χ2v) is 11.9. The lowest BCUT2D eigenvalue weighted by Gasteiger charge is -2.22. The highest BCUT2D eigenvalue weighted by atomic mass is 31.2. The van der Waals surface area contributed by atoms with Gasteiger partial charge in [0.2, 0.25) is 0 Å². The number of anilines is 1. The van der Waals surface area contributed by atoms with Crippen molar-refractivity contribution in [3.05, 3.63) is 53.1 Å². The third-order valence-electron chi connectivity index (χ3n) is 5.77. The molecule has 4 rings (SSSR count). The van der Waals surface area contributed by atoms with Gasteiger partial charge in [0.15, 0.2) is 0 Å². The van der Waals surface area contributed by atoms with E-state index in [0.29, 0.717) is 34.5 Å². The molecule has 0 saturated carbocycles. The lowest BCUT2D eigenvalue weighted by molar-refractivity contribution is -0.139. The van der Waals surface area contributed by atoms with Crippen LogP contribution in [0.15, 0.2) is 30.3 Å². The number of benzene rings is 2. The highest BCUT2D eigenvalue weighted by Gasteiger charge is 2.36. The average Bonchev–Trinajstić information content (AvgIpc) is 2.72. The lowest BCUT2D eigenvalue weighted by Crippen LogP contribution is -2.15. The number of alkyl halides is 3. The van der Waals surface area contributed by atoms with Crippen LogP contribution in [-0.4, -0.2) is 29.9 Å². The molecule has 1 aliphatic heterocycles. The number of rotatable bonds is 1. The van der Waals surface area contributed by atoms with Gasteiger partial charge in [-0.15, -0.1) is 0 Å². The minimum atomic E-state index is -4.57. The largest absolute Gasteiger partial charge is 0.493 e. The number of halogens is 4. The Bertz CT molecular complexity index is 1270. The van der Waals surface area contributed by atoms with Crippen LogP contribution in [0, 0.1) is 5.82 Å². The van der Waals surface area contributed by atoms with Crippen molar-refractivity contribution in [1.29, 1.82) is 0 Å². The summed E-state index contributed by atoms with van der Waals surface area (Å²) in [6.45, 7) is 6.51. The van der Waals surface area contributed by atoms with Crippen LogP contribution in [0.25, 0.3) is 10.9 Å². The maximum absolute atomic E-state index is 14.7. The van der Waals surface area contributed by atoms with E-state index in [1.807, 2.05) is 6.92 Å². The maximum atomic E-state index is 14.7. The summed E-state index contributed by atoms with van der Waals surface area (Å²) in [5.41, 5.74) is -0.183. The van der Waals surface area contributed by atoms with Crippen LogP contribution in [0.2, 0.25) is 0 Å².